The van der Waals surface area contributed by atoms with E-state index < -0.39 is 0 Å². The highest BCUT2D eigenvalue weighted by molar-refractivity contribution is 6.01. The van der Waals surface area contributed by atoms with Gasteiger partial charge in [-0.2, -0.15) is 0 Å². The van der Waals surface area contributed by atoms with Crippen molar-refractivity contribution in [3.63, 3.8) is 0 Å². The van der Waals surface area contributed by atoms with E-state index in [2.05, 4.69) is 23.0 Å². The number of hydrogen-bond donors (Lipinski definition) is 0. The standard InChI is InChI=1S/C10H10N2/c1-8-4-6-12-10(7-8)9-3-2-5-11-9/h2,4-7H,3H2,1H3. The first-order valence-corrected chi connectivity index (χ1v) is 4.01. The van der Waals surface area contributed by atoms with E-state index in [0.29, 0.717) is 0 Å². The second-order valence-corrected chi connectivity index (χ2v) is 2.88. The third kappa shape index (κ3) is 1.28. The van der Waals surface area contributed by atoms with Crippen molar-refractivity contribution in [3.05, 3.63) is 41.9 Å². The highest BCUT2D eigenvalue weighted by Crippen LogP contribution is 2.09. The molecule has 2 heterocycles. The zero-order valence-electron chi connectivity index (χ0n) is 6.99. The quantitative estimate of drug-likeness (QED) is 0.614. The lowest BCUT2D eigenvalue weighted by Gasteiger charge is -1.99. The van der Waals surface area contributed by atoms with Crippen molar-refractivity contribution < 1.29 is 0 Å². The predicted molar refractivity (Wildman–Crippen MR) is 49.3 cm³/mol. The molecular formula is C10H10N2. The molecule has 1 aromatic rings. The molecule has 0 bridgehead atoms. The number of rotatable bonds is 1. The Bertz CT molecular complexity index is 351. The van der Waals surface area contributed by atoms with Crippen molar-refractivity contribution in [1.29, 1.82) is 0 Å². The van der Waals surface area contributed by atoms with Crippen molar-refractivity contribution in [1.82, 2.24) is 4.98 Å². The van der Waals surface area contributed by atoms with Crippen molar-refractivity contribution >= 4 is 5.71 Å². The Morgan fingerprint density at radius 1 is 1.42 bits per heavy atom. The van der Waals surface area contributed by atoms with E-state index >= 15 is 0 Å². The summed E-state index contributed by atoms with van der Waals surface area (Å²) in [5, 5.41) is 0. The van der Waals surface area contributed by atoms with Crippen molar-refractivity contribution in [2.24, 2.45) is 4.99 Å². The summed E-state index contributed by atoms with van der Waals surface area (Å²) in [5.41, 5.74) is 3.30. The third-order valence-corrected chi connectivity index (χ3v) is 1.86. The van der Waals surface area contributed by atoms with E-state index in [9.17, 15) is 0 Å². The molecule has 0 atom stereocenters. The number of aryl methyl sites for hydroxylation is 1. The first-order chi connectivity index (χ1) is 5.86. The highest BCUT2D eigenvalue weighted by atomic mass is 14.8. The summed E-state index contributed by atoms with van der Waals surface area (Å²) in [5.74, 6) is 0. The van der Waals surface area contributed by atoms with Gasteiger partial charge in [0.2, 0.25) is 0 Å². The van der Waals surface area contributed by atoms with Crippen LogP contribution in [0.4, 0.5) is 0 Å². The molecule has 0 aliphatic carbocycles. The Morgan fingerprint density at radius 2 is 2.33 bits per heavy atom. The fraction of sp³-hybridized carbons (Fsp3) is 0.200. The molecule has 0 aromatic carbocycles. The van der Waals surface area contributed by atoms with Gasteiger partial charge in [0.1, 0.15) is 0 Å². The van der Waals surface area contributed by atoms with E-state index in [1.54, 1.807) is 0 Å². The summed E-state index contributed by atoms with van der Waals surface area (Å²) < 4.78 is 0. The molecule has 0 unspecified atom stereocenters. The largest absolute Gasteiger partial charge is 0.259 e. The molecule has 1 aromatic heterocycles. The second-order valence-electron chi connectivity index (χ2n) is 2.88. The average Bonchev–Trinajstić information content (AvgIpc) is 2.56. The summed E-state index contributed by atoms with van der Waals surface area (Å²) in [4.78, 5) is 8.47. The molecule has 0 saturated heterocycles. The molecule has 1 aliphatic rings. The van der Waals surface area contributed by atoms with E-state index in [4.69, 9.17) is 0 Å². The van der Waals surface area contributed by atoms with Crippen molar-refractivity contribution in [3.8, 4) is 0 Å². The van der Waals surface area contributed by atoms with E-state index in [1.165, 1.54) is 5.56 Å². The molecular weight excluding hydrogens is 148 g/mol. The van der Waals surface area contributed by atoms with Crippen LogP contribution in [0.15, 0.2) is 35.6 Å². The van der Waals surface area contributed by atoms with Crippen LogP contribution >= 0.6 is 0 Å². The molecule has 1 aliphatic heterocycles. The van der Waals surface area contributed by atoms with Gasteiger partial charge in [-0.15, -0.1) is 0 Å². The summed E-state index contributed by atoms with van der Waals surface area (Å²) in [6.45, 7) is 2.06. The third-order valence-electron chi connectivity index (χ3n) is 1.86. The molecule has 0 N–H and O–H groups in total. The maximum atomic E-state index is 4.25. The Labute approximate surface area is 71.7 Å². The minimum Gasteiger partial charge on any atom is -0.259 e. The number of allylic oxidation sites excluding steroid dienone is 1. The number of hydrogen-bond acceptors (Lipinski definition) is 2. The predicted octanol–water partition coefficient (Wildman–Crippen LogP) is 2.10. The van der Waals surface area contributed by atoms with Gasteiger partial charge in [-0.25, -0.2) is 0 Å². The molecule has 0 fully saturated rings. The topological polar surface area (TPSA) is 25.2 Å². The maximum Gasteiger partial charge on any atom is 0.0850 e. The molecule has 12 heavy (non-hydrogen) atoms. The number of aromatic nitrogens is 1. The van der Waals surface area contributed by atoms with E-state index in [1.807, 2.05) is 24.5 Å². The van der Waals surface area contributed by atoms with Gasteiger partial charge >= 0.3 is 0 Å². The molecule has 2 nitrogen and oxygen atoms in total. The molecule has 2 heteroatoms. The molecule has 60 valence electrons. The highest BCUT2D eigenvalue weighted by Gasteiger charge is 2.05. The van der Waals surface area contributed by atoms with Crippen LogP contribution in [0.3, 0.4) is 0 Å². The number of nitrogens with zero attached hydrogens (tertiary/aromatic N) is 2. The maximum absolute atomic E-state index is 4.25. The van der Waals surface area contributed by atoms with Crippen LogP contribution in [0.25, 0.3) is 0 Å². The van der Waals surface area contributed by atoms with E-state index in [-0.39, 0.29) is 0 Å². The van der Waals surface area contributed by atoms with Gasteiger partial charge in [-0.05, 0) is 24.6 Å². The molecule has 0 saturated carbocycles. The first kappa shape index (κ1) is 7.22. The molecule has 2 rings (SSSR count). The summed E-state index contributed by atoms with van der Waals surface area (Å²) in [7, 11) is 0. The fourth-order valence-corrected chi connectivity index (χ4v) is 1.22. The fourth-order valence-electron chi connectivity index (χ4n) is 1.22. The number of aliphatic imine (C=N–C) groups is 1. The smallest absolute Gasteiger partial charge is 0.0850 e. The van der Waals surface area contributed by atoms with Gasteiger partial charge in [-0.1, -0.05) is 6.08 Å². The lowest BCUT2D eigenvalue weighted by atomic mass is 10.1. The summed E-state index contributed by atoms with van der Waals surface area (Å²) >= 11 is 0. The molecule has 0 radical (unpaired) electrons. The van der Waals surface area contributed by atoms with Crippen LogP contribution in [0.1, 0.15) is 17.7 Å². The second kappa shape index (κ2) is 2.89. The SMILES string of the molecule is Cc1ccnc(C2=NC=CC2)c1. The van der Waals surface area contributed by atoms with Crippen LogP contribution < -0.4 is 0 Å². The normalized spacial score (nSPS) is 14.9. The zero-order chi connectivity index (χ0) is 8.39. The Hall–Kier alpha value is -1.44. The van der Waals surface area contributed by atoms with Gasteiger partial charge in [0, 0.05) is 18.8 Å². The van der Waals surface area contributed by atoms with Gasteiger partial charge < -0.3 is 0 Å². The van der Waals surface area contributed by atoms with Crippen molar-refractivity contribution in [2.75, 3.05) is 0 Å². The average molecular weight is 158 g/mol. The Balaban J connectivity index is 2.35. The van der Waals surface area contributed by atoms with Crippen LogP contribution in [-0.4, -0.2) is 10.7 Å². The molecule has 0 amide bonds. The van der Waals surface area contributed by atoms with Crippen LogP contribution in [0, 0.1) is 6.92 Å². The Kier molecular flexibility index (Phi) is 1.74. The lowest BCUT2D eigenvalue weighted by molar-refractivity contribution is 1.24. The van der Waals surface area contributed by atoms with Gasteiger partial charge in [0.05, 0.1) is 11.4 Å². The van der Waals surface area contributed by atoms with Crippen LogP contribution in [0.2, 0.25) is 0 Å². The summed E-state index contributed by atoms with van der Waals surface area (Å²) in [6, 6.07) is 4.05. The van der Waals surface area contributed by atoms with E-state index in [0.717, 1.165) is 17.8 Å². The van der Waals surface area contributed by atoms with Gasteiger partial charge in [0.15, 0.2) is 0 Å². The number of pyridine rings is 1. The van der Waals surface area contributed by atoms with Crippen molar-refractivity contribution in [2.45, 2.75) is 13.3 Å². The van der Waals surface area contributed by atoms with Gasteiger partial charge in [-0.3, -0.25) is 9.98 Å². The van der Waals surface area contributed by atoms with Crippen LogP contribution in [0.5, 0.6) is 0 Å². The minimum absolute atomic E-state index is 0.913. The van der Waals surface area contributed by atoms with Gasteiger partial charge in [0.25, 0.3) is 0 Å². The minimum atomic E-state index is 0.913. The lowest BCUT2D eigenvalue weighted by Crippen LogP contribution is -1.99. The zero-order valence-corrected chi connectivity index (χ0v) is 6.99. The molecule has 0 spiro atoms. The van der Waals surface area contributed by atoms with Crippen LogP contribution in [-0.2, 0) is 0 Å². The Morgan fingerprint density at radius 3 is 3.00 bits per heavy atom. The summed E-state index contributed by atoms with van der Waals surface area (Å²) in [6.07, 6.45) is 6.61. The monoisotopic (exact) mass is 158 g/mol. The first-order valence-electron chi connectivity index (χ1n) is 4.01.